The third-order valence-electron chi connectivity index (χ3n) is 5.11. The highest BCUT2D eigenvalue weighted by Crippen LogP contribution is 2.29. The number of thiazole rings is 1. The minimum atomic E-state index is -0.352. The van der Waals surface area contributed by atoms with E-state index in [0.717, 1.165) is 27.5 Å². The van der Waals surface area contributed by atoms with Gasteiger partial charge in [0.2, 0.25) is 11.8 Å². The number of carbonyl (C=O) groups is 2. The molecule has 0 aliphatic heterocycles. The van der Waals surface area contributed by atoms with E-state index in [1.165, 1.54) is 23.1 Å². The van der Waals surface area contributed by atoms with Gasteiger partial charge in [-0.15, -0.1) is 23.1 Å². The Kier molecular flexibility index (Phi) is 8.18. The van der Waals surface area contributed by atoms with Crippen LogP contribution in [-0.2, 0) is 16.0 Å². The second kappa shape index (κ2) is 11.7. The van der Waals surface area contributed by atoms with E-state index in [-0.39, 0.29) is 17.1 Å². The fourth-order valence-electron chi connectivity index (χ4n) is 3.34. The van der Waals surface area contributed by atoms with Gasteiger partial charge >= 0.3 is 0 Å². The van der Waals surface area contributed by atoms with E-state index >= 15 is 0 Å². The molecule has 1 unspecified atom stereocenters. The first-order valence-corrected chi connectivity index (χ1v) is 12.8. The van der Waals surface area contributed by atoms with Crippen LogP contribution in [0.4, 0.5) is 10.8 Å². The van der Waals surface area contributed by atoms with Gasteiger partial charge in [0.05, 0.1) is 24.5 Å². The number of methoxy groups -OCH3 is 1. The topological polar surface area (TPSA) is 80.3 Å². The van der Waals surface area contributed by atoms with Gasteiger partial charge in [0.15, 0.2) is 5.13 Å². The van der Waals surface area contributed by atoms with Crippen LogP contribution >= 0.6 is 23.1 Å². The highest BCUT2D eigenvalue weighted by Gasteiger charge is 2.17. The van der Waals surface area contributed by atoms with Gasteiger partial charge in [0, 0.05) is 21.5 Å². The summed E-state index contributed by atoms with van der Waals surface area (Å²) in [5.74, 6) is 0.532. The number of nitrogens with zero attached hydrogens (tertiary/aromatic N) is 1. The number of anilines is 2. The highest BCUT2D eigenvalue weighted by molar-refractivity contribution is 8.00. The van der Waals surface area contributed by atoms with Gasteiger partial charge in [0.1, 0.15) is 5.75 Å². The van der Waals surface area contributed by atoms with E-state index in [0.29, 0.717) is 17.2 Å². The molecule has 2 amide bonds. The van der Waals surface area contributed by atoms with Crippen molar-refractivity contribution in [1.29, 1.82) is 0 Å². The van der Waals surface area contributed by atoms with Crippen molar-refractivity contribution in [3.63, 3.8) is 0 Å². The van der Waals surface area contributed by atoms with Crippen LogP contribution in [0.5, 0.6) is 5.75 Å². The monoisotopic (exact) mass is 503 g/mol. The molecular weight excluding hydrogens is 478 g/mol. The molecule has 0 saturated heterocycles. The van der Waals surface area contributed by atoms with Crippen LogP contribution in [0.2, 0.25) is 0 Å². The van der Waals surface area contributed by atoms with Gasteiger partial charge < -0.3 is 15.4 Å². The molecule has 0 saturated carbocycles. The SMILES string of the molecule is COc1cccc(-c2csc(NC(=O)C(C)Sc3cccc(NC(=O)Cc4ccccc4)c3)n2)c1. The van der Waals surface area contributed by atoms with Crippen LogP contribution in [0.25, 0.3) is 11.3 Å². The third kappa shape index (κ3) is 6.94. The van der Waals surface area contributed by atoms with Gasteiger partial charge in [-0.3, -0.25) is 9.59 Å². The Balaban J connectivity index is 1.33. The van der Waals surface area contributed by atoms with Crippen LogP contribution in [0.1, 0.15) is 12.5 Å². The second-order valence-electron chi connectivity index (χ2n) is 7.76. The van der Waals surface area contributed by atoms with Crippen molar-refractivity contribution in [1.82, 2.24) is 4.98 Å². The normalized spacial score (nSPS) is 11.5. The van der Waals surface area contributed by atoms with Crippen molar-refractivity contribution in [3.8, 4) is 17.0 Å². The fraction of sp³-hybridized carbons (Fsp3) is 0.148. The predicted molar refractivity (Wildman–Crippen MR) is 143 cm³/mol. The predicted octanol–water partition coefficient (Wildman–Crippen LogP) is 6.12. The number of benzene rings is 3. The summed E-state index contributed by atoms with van der Waals surface area (Å²) in [6.45, 7) is 1.84. The number of thioether (sulfide) groups is 1. The Hall–Kier alpha value is -3.62. The van der Waals surface area contributed by atoms with Crippen molar-refractivity contribution in [2.24, 2.45) is 0 Å². The molecule has 4 aromatic rings. The van der Waals surface area contributed by atoms with Gasteiger partial charge in [-0.05, 0) is 42.8 Å². The molecule has 1 heterocycles. The molecule has 0 aliphatic carbocycles. The van der Waals surface area contributed by atoms with Gasteiger partial charge in [-0.25, -0.2) is 4.98 Å². The molecule has 6 nitrogen and oxygen atoms in total. The van der Waals surface area contributed by atoms with Gasteiger partial charge in [-0.1, -0.05) is 48.5 Å². The summed E-state index contributed by atoms with van der Waals surface area (Å²) < 4.78 is 5.27. The summed E-state index contributed by atoms with van der Waals surface area (Å²) in [4.78, 5) is 30.6. The summed E-state index contributed by atoms with van der Waals surface area (Å²) in [6, 6.07) is 24.8. The third-order valence-corrected chi connectivity index (χ3v) is 6.96. The van der Waals surface area contributed by atoms with Crippen LogP contribution in [0, 0.1) is 0 Å². The fourth-order valence-corrected chi connectivity index (χ4v) is 4.99. The number of rotatable bonds is 9. The number of carbonyl (C=O) groups excluding carboxylic acids is 2. The van der Waals surface area contributed by atoms with Gasteiger partial charge in [-0.2, -0.15) is 0 Å². The number of nitrogens with one attached hydrogen (secondary N) is 2. The molecule has 1 atom stereocenters. The van der Waals surface area contributed by atoms with Gasteiger partial charge in [0.25, 0.3) is 0 Å². The molecule has 1 aromatic heterocycles. The van der Waals surface area contributed by atoms with Crippen molar-refractivity contribution in [2.75, 3.05) is 17.7 Å². The van der Waals surface area contributed by atoms with Crippen molar-refractivity contribution in [3.05, 3.63) is 89.8 Å². The highest BCUT2D eigenvalue weighted by atomic mass is 32.2. The summed E-state index contributed by atoms with van der Waals surface area (Å²) in [7, 11) is 1.62. The first-order chi connectivity index (χ1) is 17.0. The molecular formula is C27H25N3O3S2. The zero-order valence-corrected chi connectivity index (χ0v) is 21.0. The average Bonchev–Trinajstić information content (AvgIpc) is 3.33. The maximum absolute atomic E-state index is 12.8. The lowest BCUT2D eigenvalue weighted by molar-refractivity contribution is -0.116. The van der Waals surface area contributed by atoms with E-state index in [4.69, 9.17) is 4.74 Å². The summed E-state index contributed by atoms with van der Waals surface area (Å²) in [6.07, 6.45) is 0.308. The van der Waals surface area contributed by atoms with Crippen LogP contribution in [0.15, 0.2) is 89.1 Å². The number of hydrogen-bond acceptors (Lipinski definition) is 6. The molecule has 0 spiro atoms. The first kappa shape index (κ1) is 24.5. The lowest BCUT2D eigenvalue weighted by Crippen LogP contribution is -2.22. The van der Waals surface area contributed by atoms with Crippen LogP contribution < -0.4 is 15.4 Å². The standard InChI is InChI=1S/C27H25N3O3S2/c1-18(26(32)30-27-29-24(17-34-27)20-10-6-12-22(15-20)33-2)35-23-13-7-11-21(16-23)28-25(31)14-19-8-4-3-5-9-19/h3-13,15-18H,14H2,1-2H3,(H,28,31)(H,29,30,32). The number of ether oxygens (including phenoxy) is 1. The largest absolute Gasteiger partial charge is 0.497 e. The van der Waals surface area contributed by atoms with Crippen molar-refractivity contribution < 1.29 is 14.3 Å². The summed E-state index contributed by atoms with van der Waals surface area (Å²) in [5.41, 5.74) is 3.36. The Morgan fingerprint density at radius 1 is 1.00 bits per heavy atom. The minimum absolute atomic E-state index is 0.0836. The Labute approximate surface area is 212 Å². The Bertz CT molecular complexity index is 1310. The van der Waals surface area contributed by atoms with E-state index in [1.54, 1.807) is 7.11 Å². The summed E-state index contributed by atoms with van der Waals surface area (Å²) >= 11 is 2.80. The molecule has 2 N–H and O–H groups in total. The maximum atomic E-state index is 12.8. The van der Waals surface area contributed by atoms with E-state index in [9.17, 15) is 9.59 Å². The molecule has 35 heavy (non-hydrogen) atoms. The number of aromatic nitrogens is 1. The van der Waals surface area contributed by atoms with Crippen molar-refractivity contribution in [2.45, 2.75) is 23.5 Å². The molecule has 0 bridgehead atoms. The molecule has 0 aliphatic rings. The molecule has 8 heteroatoms. The zero-order valence-electron chi connectivity index (χ0n) is 19.4. The number of amides is 2. The minimum Gasteiger partial charge on any atom is -0.497 e. The van der Waals surface area contributed by atoms with Crippen LogP contribution in [0.3, 0.4) is 0 Å². The Morgan fingerprint density at radius 2 is 1.80 bits per heavy atom. The molecule has 3 aromatic carbocycles. The van der Waals surface area contributed by atoms with E-state index in [1.807, 2.05) is 91.2 Å². The summed E-state index contributed by atoms with van der Waals surface area (Å²) in [5, 5.41) is 7.93. The second-order valence-corrected chi connectivity index (χ2v) is 10.0. The first-order valence-electron chi connectivity index (χ1n) is 11.0. The zero-order chi connectivity index (χ0) is 24.6. The average molecular weight is 504 g/mol. The quantitative estimate of drug-likeness (QED) is 0.269. The van der Waals surface area contributed by atoms with Crippen LogP contribution in [-0.4, -0.2) is 29.2 Å². The lowest BCUT2D eigenvalue weighted by Gasteiger charge is -2.12. The maximum Gasteiger partial charge on any atom is 0.239 e. The molecule has 0 radical (unpaired) electrons. The number of hydrogen-bond donors (Lipinski definition) is 2. The molecule has 178 valence electrons. The molecule has 0 fully saturated rings. The molecule has 4 rings (SSSR count). The smallest absolute Gasteiger partial charge is 0.239 e. The van der Waals surface area contributed by atoms with Crippen molar-refractivity contribution >= 4 is 45.7 Å². The lowest BCUT2D eigenvalue weighted by atomic mass is 10.1. The Morgan fingerprint density at radius 3 is 2.60 bits per heavy atom. The van der Waals surface area contributed by atoms with E-state index < -0.39 is 0 Å². The van der Waals surface area contributed by atoms with E-state index in [2.05, 4.69) is 15.6 Å².